The highest BCUT2D eigenvalue weighted by Gasteiger charge is 2.28. The van der Waals surface area contributed by atoms with Crippen molar-refractivity contribution >= 4 is 11.6 Å². The number of nitrogens with one attached hydrogen (secondary N) is 1. The lowest BCUT2D eigenvalue weighted by molar-refractivity contribution is 0.166. The van der Waals surface area contributed by atoms with Crippen LogP contribution in [0.1, 0.15) is 26.3 Å². The normalized spacial score (nSPS) is 15.3. The Hall–Kier alpha value is -0.570. The molecule has 0 saturated carbocycles. The standard InChI is InChI=1S/C12H18ClNO/c1-9(2)14-12(3,8-15)10-6-4-5-7-11(10)13/h4-7,9,14-15H,8H2,1-3H3. The highest BCUT2D eigenvalue weighted by atomic mass is 35.5. The van der Waals surface area contributed by atoms with E-state index < -0.39 is 5.54 Å². The lowest BCUT2D eigenvalue weighted by atomic mass is 9.92. The molecule has 84 valence electrons. The minimum absolute atomic E-state index is 0.0227. The van der Waals surface area contributed by atoms with E-state index in [0.717, 1.165) is 5.56 Å². The average molecular weight is 228 g/mol. The summed E-state index contributed by atoms with van der Waals surface area (Å²) in [4.78, 5) is 0. The molecule has 1 aromatic carbocycles. The first-order chi connectivity index (χ1) is 6.99. The Morgan fingerprint density at radius 2 is 2.00 bits per heavy atom. The van der Waals surface area contributed by atoms with E-state index in [1.54, 1.807) is 0 Å². The van der Waals surface area contributed by atoms with Gasteiger partial charge in [0.15, 0.2) is 0 Å². The van der Waals surface area contributed by atoms with E-state index in [9.17, 15) is 5.11 Å². The molecule has 0 aliphatic heterocycles. The van der Waals surface area contributed by atoms with E-state index in [1.165, 1.54) is 0 Å². The minimum atomic E-state index is -0.480. The van der Waals surface area contributed by atoms with Gasteiger partial charge in [-0.25, -0.2) is 0 Å². The summed E-state index contributed by atoms with van der Waals surface area (Å²) in [6.07, 6.45) is 0. The summed E-state index contributed by atoms with van der Waals surface area (Å²) >= 11 is 6.12. The lowest BCUT2D eigenvalue weighted by Crippen LogP contribution is -2.46. The van der Waals surface area contributed by atoms with Gasteiger partial charge >= 0.3 is 0 Å². The van der Waals surface area contributed by atoms with Crippen molar-refractivity contribution in [3.8, 4) is 0 Å². The molecular formula is C12H18ClNO. The summed E-state index contributed by atoms with van der Waals surface area (Å²) < 4.78 is 0. The SMILES string of the molecule is CC(C)NC(C)(CO)c1ccccc1Cl. The molecule has 0 bridgehead atoms. The smallest absolute Gasteiger partial charge is 0.0657 e. The third kappa shape index (κ3) is 2.94. The van der Waals surface area contributed by atoms with E-state index in [1.807, 2.05) is 45.0 Å². The Balaban J connectivity index is 3.05. The zero-order chi connectivity index (χ0) is 11.5. The topological polar surface area (TPSA) is 32.3 Å². The van der Waals surface area contributed by atoms with E-state index >= 15 is 0 Å². The van der Waals surface area contributed by atoms with Crippen LogP contribution in [0.4, 0.5) is 0 Å². The van der Waals surface area contributed by atoms with Crippen LogP contribution >= 0.6 is 11.6 Å². The van der Waals surface area contributed by atoms with Gasteiger partial charge in [0.1, 0.15) is 0 Å². The van der Waals surface area contributed by atoms with Crippen LogP contribution in [0.2, 0.25) is 5.02 Å². The first-order valence-electron chi connectivity index (χ1n) is 5.13. The molecule has 1 unspecified atom stereocenters. The maximum atomic E-state index is 9.49. The van der Waals surface area contributed by atoms with Gasteiger partial charge in [0.2, 0.25) is 0 Å². The fourth-order valence-corrected chi connectivity index (χ4v) is 2.10. The second-order valence-corrected chi connectivity index (χ2v) is 4.68. The predicted molar refractivity (Wildman–Crippen MR) is 64.2 cm³/mol. The van der Waals surface area contributed by atoms with Gasteiger partial charge in [-0.3, -0.25) is 0 Å². The van der Waals surface area contributed by atoms with Crippen LogP contribution in [-0.4, -0.2) is 17.8 Å². The second-order valence-electron chi connectivity index (χ2n) is 4.27. The number of halogens is 1. The lowest BCUT2D eigenvalue weighted by Gasteiger charge is -2.32. The molecule has 3 heteroatoms. The van der Waals surface area contributed by atoms with Gasteiger partial charge in [0.05, 0.1) is 12.1 Å². The van der Waals surface area contributed by atoms with Gasteiger partial charge in [-0.2, -0.15) is 0 Å². The fourth-order valence-electron chi connectivity index (χ4n) is 1.75. The molecule has 0 aliphatic carbocycles. The molecule has 1 rings (SSSR count). The molecule has 1 atom stereocenters. The molecule has 0 spiro atoms. The third-order valence-electron chi connectivity index (χ3n) is 2.39. The van der Waals surface area contributed by atoms with Crippen molar-refractivity contribution in [3.05, 3.63) is 34.9 Å². The van der Waals surface area contributed by atoms with Crippen molar-refractivity contribution in [1.29, 1.82) is 0 Å². The molecule has 0 heterocycles. The number of hydrogen-bond donors (Lipinski definition) is 2. The summed E-state index contributed by atoms with van der Waals surface area (Å²) in [7, 11) is 0. The van der Waals surface area contributed by atoms with Crippen molar-refractivity contribution in [3.63, 3.8) is 0 Å². The van der Waals surface area contributed by atoms with E-state index in [-0.39, 0.29) is 6.61 Å². The molecule has 0 amide bonds. The van der Waals surface area contributed by atoms with Crippen molar-refractivity contribution in [2.45, 2.75) is 32.4 Å². The Kier molecular flexibility index (Phi) is 4.14. The quantitative estimate of drug-likeness (QED) is 0.829. The monoisotopic (exact) mass is 227 g/mol. The largest absolute Gasteiger partial charge is 0.394 e. The molecule has 2 nitrogen and oxygen atoms in total. The van der Waals surface area contributed by atoms with E-state index in [2.05, 4.69) is 5.32 Å². The zero-order valence-corrected chi connectivity index (χ0v) is 10.2. The van der Waals surface area contributed by atoms with Gasteiger partial charge < -0.3 is 10.4 Å². The predicted octanol–water partition coefficient (Wildman–Crippen LogP) is 2.55. The Labute approximate surface area is 96.3 Å². The van der Waals surface area contributed by atoms with Crippen LogP contribution in [-0.2, 0) is 5.54 Å². The van der Waals surface area contributed by atoms with Crippen LogP contribution in [0, 0.1) is 0 Å². The van der Waals surface area contributed by atoms with Crippen LogP contribution in [0.5, 0.6) is 0 Å². The van der Waals surface area contributed by atoms with Crippen LogP contribution in [0.3, 0.4) is 0 Å². The van der Waals surface area contributed by atoms with Crippen molar-refractivity contribution in [2.24, 2.45) is 0 Å². The number of aliphatic hydroxyl groups is 1. The first kappa shape index (κ1) is 12.5. The Morgan fingerprint density at radius 1 is 1.40 bits per heavy atom. The highest BCUT2D eigenvalue weighted by Crippen LogP contribution is 2.27. The van der Waals surface area contributed by atoms with E-state index in [0.29, 0.717) is 11.1 Å². The highest BCUT2D eigenvalue weighted by molar-refractivity contribution is 6.31. The maximum absolute atomic E-state index is 9.49. The molecule has 0 fully saturated rings. The summed E-state index contributed by atoms with van der Waals surface area (Å²) in [6, 6.07) is 7.88. The number of aliphatic hydroxyl groups excluding tert-OH is 1. The van der Waals surface area contributed by atoms with Gasteiger partial charge in [0, 0.05) is 11.1 Å². The maximum Gasteiger partial charge on any atom is 0.0657 e. The summed E-state index contributed by atoms with van der Waals surface area (Å²) in [5, 5.41) is 13.5. The number of hydrogen-bond acceptors (Lipinski definition) is 2. The summed E-state index contributed by atoms with van der Waals surface area (Å²) in [5.41, 5.74) is 0.454. The molecule has 15 heavy (non-hydrogen) atoms. The van der Waals surface area contributed by atoms with Crippen molar-refractivity contribution < 1.29 is 5.11 Å². The molecular weight excluding hydrogens is 210 g/mol. The number of rotatable bonds is 4. The molecule has 0 radical (unpaired) electrons. The summed E-state index contributed by atoms with van der Waals surface area (Å²) in [6.45, 7) is 6.07. The molecule has 0 aliphatic rings. The second kappa shape index (κ2) is 4.97. The summed E-state index contributed by atoms with van der Waals surface area (Å²) in [5.74, 6) is 0. The molecule has 0 saturated heterocycles. The fraction of sp³-hybridized carbons (Fsp3) is 0.500. The van der Waals surface area contributed by atoms with Crippen molar-refractivity contribution in [2.75, 3.05) is 6.61 Å². The van der Waals surface area contributed by atoms with Crippen molar-refractivity contribution in [1.82, 2.24) is 5.32 Å². The number of benzene rings is 1. The first-order valence-corrected chi connectivity index (χ1v) is 5.51. The van der Waals surface area contributed by atoms with Crippen LogP contribution in [0.15, 0.2) is 24.3 Å². The van der Waals surface area contributed by atoms with Gasteiger partial charge in [-0.15, -0.1) is 0 Å². The van der Waals surface area contributed by atoms with Gasteiger partial charge in [0.25, 0.3) is 0 Å². The van der Waals surface area contributed by atoms with Gasteiger partial charge in [-0.05, 0) is 32.4 Å². The van der Waals surface area contributed by atoms with Crippen LogP contribution in [0.25, 0.3) is 0 Å². The molecule has 2 N–H and O–H groups in total. The van der Waals surface area contributed by atoms with Crippen LogP contribution < -0.4 is 5.32 Å². The van der Waals surface area contributed by atoms with E-state index in [4.69, 9.17) is 11.6 Å². The average Bonchev–Trinajstić information content (AvgIpc) is 2.17. The Bertz CT molecular complexity index is 327. The molecule has 0 aromatic heterocycles. The molecule has 1 aromatic rings. The Morgan fingerprint density at radius 3 is 2.47 bits per heavy atom. The van der Waals surface area contributed by atoms with Gasteiger partial charge in [-0.1, -0.05) is 29.8 Å². The minimum Gasteiger partial charge on any atom is -0.394 e. The zero-order valence-electron chi connectivity index (χ0n) is 9.42. The third-order valence-corrected chi connectivity index (χ3v) is 2.72.